The summed E-state index contributed by atoms with van der Waals surface area (Å²) in [6.45, 7) is 8.74. The number of halogens is 1. The van der Waals surface area contributed by atoms with E-state index in [-0.39, 0.29) is 24.0 Å². The normalized spacial score (nSPS) is 16.6. The molecule has 1 fully saturated rings. The molecule has 0 unspecified atom stereocenters. The molecule has 7 heteroatoms. The van der Waals surface area contributed by atoms with Gasteiger partial charge in [-0.15, -0.1) is 34.2 Å². The maximum atomic E-state index is 4.62. The van der Waals surface area contributed by atoms with Crippen LogP contribution in [0.4, 0.5) is 0 Å². The molecule has 1 aliphatic rings. The van der Waals surface area contributed by atoms with E-state index < -0.39 is 0 Å². The topological polar surface area (TPSA) is 67.1 Å². The Labute approximate surface area is 150 Å². The van der Waals surface area contributed by atoms with E-state index in [9.17, 15) is 0 Å². The molecule has 1 heterocycles. The third-order valence-electron chi connectivity index (χ3n) is 4.70. The van der Waals surface area contributed by atoms with Gasteiger partial charge >= 0.3 is 0 Å². The Morgan fingerprint density at radius 1 is 1.27 bits per heavy atom. The molecule has 0 bridgehead atoms. The number of aromatic nitrogens is 3. The molecule has 6 nitrogen and oxygen atoms in total. The molecule has 1 aliphatic carbocycles. The minimum absolute atomic E-state index is 0. The molecule has 0 saturated heterocycles. The van der Waals surface area contributed by atoms with Crippen molar-refractivity contribution in [3.63, 3.8) is 0 Å². The number of hydrogen-bond acceptors (Lipinski definition) is 3. The van der Waals surface area contributed by atoms with Gasteiger partial charge in [0, 0.05) is 20.1 Å². The number of nitrogens with one attached hydrogen (secondary N) is 2. The number of nitrogens with zero attached hydrogens (tertiary/aromatic N) is 4. The molecule has 126 valence electrons. The van der Waals surface area contributed by atoms with Crippen LogP contribution >= 0.6 is 24.0 Å². The monoisotopic (exact) mass is 420 g/mol. The second-order valence-electron chi connectivity index (χ2n) is 5.98. The van der Waals surface area contributed by atoms with Crippen molar-refractivity contribution in [1.82, 2.24) is 25.4 Å². The SMILES string of the molecule is CCNC(=NCc1nnc(C)n1C)NCC1(CC)CCC1.I. The lowest BCUT2D eigenvalue weighted by Crippen LogP contribution is -2.46. The van der Waals surface area contributed by atoms with Gasteiger partial charge in [-0.2, -0.15) is 0 Å². The van der Waals surface area contributed by atoms with Gasteiger partial charge in [0.1, 0.15) is 12.4 Å². The van der Waals surface area contributed by atoms with E-state index in [0.717, 1.165) is 30.7 Å². The first-order chi connectivity index (χ1) is 10.1. The first-order valence-electron chi connectivity index (χ1n) is 7.97. The maximum Gasteiger partial charge on any atom is 0.191 e. The van der Waals surface area contributed by atoms with Crippen molar-refractivity contribution in [2.75, 3.05) is 13.1 Å². The summed E-state index contributed by atoms with van der Waals surface area (Å²) in [6, 6.07) is 0. The summed E-state index contributed by atoms with van der Waals surface area (Å²) in [6.07, 6.45) is 5.26. The number of hydrogen-bond donors (Lipinski definition) is 2. The first-order valence-corrected chi connectivity index (χ1v) is 7.97. The summed E-state index contributed by atoms with van der Waals surface area (Å²) in [5, 5.41) is 15.0. The predicted octanol–water partition coefficient (Wildman–Crippen LogP) is 2.38. The Morgan fingerprint density at radius 2 is 2.00 bits per heavy atom. The van der Waals surface area contributed by atoms with Gasteiger partial charge in [0.2, 0.25) is 0 Å². The highest BCUT2D eigenvalue weighted by Crippen LogP contribution is 2.42. The Hall–Kier alpha value is -0.860. The summed E-state index contributed by atoms with van der Waals surface area (Å²) in [5.41, 5.74) is 0.484. The van der Waals surface area contributed by atoms with E-state index in [1.54, 1.807) is 0 Å². The highest BCUT2D eigenvalue weighted by molar-refractivity contribution is 14.0. The van der Waals surface area contributed by atoms with Gasteiger partial charge in [0.25, 0.3) is 0 Å². The number of aryl methyl sites for hydroxylation is 1. The van der Waals surface area contributed by atoms with Crippen LogP contribution in [0.5, 0.6) is 0 Å². The van der Waals surface area contributed by atoms with E-state index in [1.807, 2.05) is 18.5 Å². The van der Waals surface area contributed by atoms with Crippen LogP contribution in [0.15, 0.2) is 4.99 Å². The summed E-state index contributed by atoms with van der Waals surface area (Å²) >= 11 is 0. The number of aliphatic imine (C=N–C) groups is 1. The smallest absolute Gasteiger partial charge is 0.191 e. The molecular weight excluding hydrogens is 391 g/mol. The Kier molecular flexibility index (Phi) is 7.58. The van der Waals surface area contributed by atoms with Gasteiger partial charge in [-0.05, 0) is 38.5 Å². The zero-order valence-corrected chi connectivity index (χ0v) is 16.5. The third kappa shape index (κ3) is 4.57. The number of guanidine groups is 1. The van der Waals surface area contributed by atoms with Gasteiger partial charge < -0.3 is 15.2 Å². The standard InChI is InChI=1S/C15H28N6.HI/c1-5-15(8-7-9-15)11-18-14(16-6-2)17-10-13-20-19-12(3)21(13)4;/h5-11H2,1-4H3,(H2,16,17,18);1H. The Morgan fingerprint density at radius 3 is 2.45 bits per heavy atom. The summed E-state index contributed by atoms with van der Waals surface area (Å²) < 4.78 is 1.98. The minimum atomic E-state index is 0. The van der Waals surface area contributed by atoms with Crippen LogP contribution in [0.3, 0.4) is 0 Å². The molecule has 0 spiro atoms. The molecule has 0 radical (unpaired) electrons. The van der Waals surface area contributed by atoms with Crippen molar-refractivity contribution >= 4 is 29.9 Å². The maximum absolute atomic E-state index is 4.62. The average Bonchev–Trinajstić information content (AvgIpc) is 2.75. The molecular formula is C15H29IN6. The van der Waals surface area contributed by atoms with Crippen LogP contribution in [0, 0.1) is 12.3 Å². The van der Waals surface area contributed by atoms with Crippen molar-refractivity contribution in [3.05, 3.63) is 11.6 Å². The van der Waals surface area contributed by atoms with Crippen molar-refractivity contribution in [3.8, 4) is 0 Å². The van der Waals surface area contributed by atoms with Gasteiger partial charge in [-0.1, -0.05) is 13.3 Å². The fourth-order valence-corrected chi connectivity index (χ4v) is 2.68. The van der Waals surface area contributed by atoms with E-state index in [0.29, 0.717) is 12.0 Å². The second-order valence-corrected chi connectivity index (χ2v) is 5.98. The van der Waals surface area contributed by atoms with E-state index in [4.69, 9.17) is 0 Å². The molecule has 1 aromatic rings. The van der Waals surface area contributed by atoms with Gasteiger partial charge in [0.15, 0.2) is 11.8 Å². The van der Waals surface area contributed by atoms with Crippen molar-refractivity contribution in [2.24, 2.45) is 17.5 Å². The van der Waals surface area contributed by atoms with Crippen LogP contribution in [0.2, 0.25) is 0 Å². The quantitative estimate of drug-likeness (QED) is 0.421. The zero-order chi connectivity index (χ0) is 15.3. The highest BCUT2D eigenvalue weighted by Gasteiger charge is 2.34. The van der Waals surface area contributed by atoms with Crippen LogP contribution in [-0.4, -0.2) is 33.8 Å². The molecule has 22 heavy (non-hydrogen) atoms. The van der Waals surface area contributed by atoms with Crippen molar-refractivity contribution in [1.29, 1.82) is 0 Å². The van der Waals surface area contributed by atoms with E-state index in [1.165, 1.54) is 25.7 Å². The fraction of sp³-hybridized carbons (Fsp3) is 0.800. The summed E-state index contributed by atoms with van der Waals surface area (Å²) in [5.74, 6) is 2.67. The second kappa shape index (κ2) is 8.69. The highest BCUT2D eigenvalue weighted by atomic mass is 127. The molecule has 1 saturated carbocycles. The van der Waals surface area contributed by atoms with Crippen molar-refractivity contribution in [2.45, 2.75) is 53.0 Å². The van der Waals surface area contributed by atoms with E-state index in [2.05, 4.69) is 39.7 Å². The van der Waals surface area contributed by atoms with Gasteiger partial charge in [0.05, 0.1) is 0 Å². The molecule has 1 aromatic heterocycles. The van der Waals surface area contributed by atoms with Crippen molar-refractivity contribution < 1.29 is 0 Å². The fourth-order valence-electron chi connectivity index (χ4n) is 2.68. The Balaban J connectivity index is 0.00000242. The van der Waals surface area contributed by atoms with Crippen LogP contribution < -0.4 is 10.6 Å². The molecule has 0 amide bonds. The zero-order valence-electron chi connectivity index (χ0n) is 14.1. The molecule has 2 N–H and O–H groups in total. The molecule has 2 rings (SSSR count). The van der Waals surface area contributed by atoms with Crippen LogP contribution in [0.25, 0.3) is 0 Å². The van der Waals surface area contributed by atoms with Gasteiger partial charge in [-0.3, -0.25) is 0 Å². The molecule has 0 aliphatic heterocycles. The first kappa shape index (κ1) is 19.2. The summed E-state index contributed by atoms with van der Waals surface area (Å²) in [7, 11) is 1.97. The minimum Gasteiger partial charge on any atom is -0.357 e. The third-order valence-corrected chi connectivity index (χ3v) is 4.70. The van der Waals surface area contributed by atoms with Crippen LogP contribution in [0.1, 0.15) is 51.2 Å². The summed E-state index contributed by atoms with van der Waals surface area (Å²) in [4.78, 5) is 4.62. The lowest BCUT2D eigenvalue weighted by atomic mass is 9.67. The average molecular weight is 420 g/mol. The lowest BCUT2D eigenvalue weighted by Gasteiger charge is -2.41. The number of rotatable bonds is 6. The Bertz CT molecular complexity index is 487. The van der Waals surface area contributed by atoms with Gasteiger partial charge in [-0.25, -0.2) is 4.99 Å². The predicted molar refractivity (Wildman–Crippen MR) is 101 cm³/mol. The largest absolute Gasteiger partial charge is 0.357 e. The lowest BCUT2D eigenvalue weighted by molar-refractivity contribution is 0.131. The molecule has 0 aromatic carbocycles. The van der Waals surface area contributed by atoms with Crippen LogP contribution in [-0.2, 0) is 13.6 Å². The van der Waals surface area contributed by atoms with E-state index >= 15 is 0 Å². The molecule has 0 atom stereocenters.